The summed E-state index contributed by atoms with van der Waals surface area (Å²) in [6, 6.07) is 0. The average molecular weight is 234 g/mol. The first kappa shape index (κ1) is 15.8. The van der Waals surface area contributed by atoms with Gasteiger partial charge in [-0.1, -0.05) is 0 Å². The molecule has 0 heterocycles. The van der Waals surface area contributed by atoms with Gasteiger partial charge in [0.05, 0.1) is 13.2 Å². The van der Waals surface area contributed by atoms with Crippen LogP contribution in [0.3, 0.4) is 0 Å². The van der Waals surface area contributed by atoms with E-state index in [1.807, 2.05) is 6.92 Å². The minimum atomic E-state index is -0.149. The molecule has 0 aliphatic carbocycles. The van der Waals surface area contributed by atoms with E-state index < -0.39 is 0 Å². The van der Waals surface area contributed by atoms with Crippen LogP contribution in [0.5, 0.6) is 0 Å². The number of hydrogen-bond acceptors (Lipinski definition) is 5. The van der Waals surface area contributed by atoms with E-state index in [0.717, 1.165) is 32.4 Å². The van der Waals surface area contributed by atoms with E-state index in [4.69, 9.17) is 20.3 Å². The average Bonchev–Trinajstić information content (AvgIpc) is 2.28. The normalized spacial score (nSPS) is 12.9. The third kappa shape index (κ3) is 11.9. The van der Waals surface area contributed by atoms with Crippen molar-refractivity contribution >= 4 is 0 Å². The molecule has 0 aliphatic rings. The Bertz CT molecular complexity index is 136. The second kappa shape index (κ2) is 12.9. The Hall–Kier alpha value is -0.200. The fourth-order valence-corrected chi connectivity index (χ4v) is 1.16. The highest BCUT2D eigenvalue weighted by Crippen LogP contribution is 1.95. The summed E-state index contributed by atoms with van der Waals surface area (Å²) in [5.41, 5.74) is 5.35. The molecule has 5 nitrogen and oxygen atoms in total. The first-order chi connectivity index (χ1) is 7.81. The van der Waals surface area contributed by atoms with Crippen LogP contribution in [0.25, 0.3) is 0 Å². The van der Waals surface area contributed by atoms with Gasteiger partial charge in [-0.2, -0.15) is 0 Å². The van der Waals surface area contributed by atoms with E-state index in [1.54, 1.807) is 0 Å². The van der Waals surface area contributed by atoms with Crippen molar-refractivity contribution in [1.82, 2.24) is 5.32 Å². The van der Waals surface area contributed by atoms with Gasteiger partial charge >= 0.3 is 0 Å². The highest BCUT2D eigenvalue weighted by Gasteiger charge is 2.00. The van der Waals surface area contributed by atoms with Crippen molar-refractivity contribution in [3.8, 4) is 0 Å². The van der Waals surface area contributed by atoms with Crippen LogP contribution in [-0.2, 0) is 9.47 Å². The maximum absolute atomic E-state index is 8.55. The van der Waals surface area contributed by atoms with Crippen molar-refractivity contribution in [3.05, 3.63) is 0 Å². The highest BCUT2D eigenvalue weighted by molar-refractivity contribution is 4.47. The first-order valence-corrected chi connectivity index (χ1v) is 6.06. The number of nitrogens with two attached hydrogens (primary N) is 1. The lowest BCUT2D eigenvalue weighted by molar-refractivity contribution is -0.130. The number of rotatable bonds is 12. The highest BCUT2D eigenvalue weighted by atomic mass is 16.7. The molecule has 0 rings (SSSR count). The molecule has 0 aliphatic heterocycles. The van der Waals surface area contributed by atoms with E-state index >= 15 is 0 Å². The van der Waals surface area contributed by atoms with Gasteiger partial charge in [0.1, 0.15) is 0 Å². The Morgan fingerprint density at radius 1 is 1.12 bits per heavy atom. The summed E-state index contributed by atoms with van der Waals surface area (Å²) >= 11 is 0. The lowest BCUT2D eigenvalue weighted by Crippen LogP contribution is -2.21. The number of aliphatic hydroxyl groups excluding tert-OH is 1. The van der Waals surface area contributed by atoms with Crippen LogP contribution >= 0.6 is 0 Å². The van der Waals surface area contributed by atoms with Crippen LogP contribution < -0.4 is 11.1 Å². The Labute approximate surface area is 98.3 Å². The van der Waals surface area contributed by atoms with Crippen LogP contribution in [0.1, 0.15) is 26.2 Å². The Morgan fingerprint density at radius 2 is 1.75 bits per heavy atom. The predicted molar refractivity (Wildman–Crippen MR) is 64.2 cm³/mol. The van der Waals surface area contributed by atoms with Crippen LogP contribution in [0, 0.1) is 0 Å². The van der Waals surface area contributed by atoms with Gasteiger partial charge < -0.3 is 25.6 Å². The monoisotopic (exact) mass is 234 g/mol. The minimum Gasteiger partial charge on any atom is -0.396 e. The summed E-state index contributed by atoms with van der Waals surface area (Å²) in [5, 5.41) is 11.8. The maximum Gasteiger partial charge on any atom is 0.154 e. The number of ether oxygens (including phenoxy) is 2. The van der Waals surface area contributed by atoms with E-state index in [1.165, 1.54) is 0 Å². The van der Waals surface area contributed by atoms with Gasteiger partial charge in [0, 0.05) is 6.61 Å². The van der Waals surface area contributed by atoms with Gasteiger partial charge in [-0.15, -0.1) is 0 Å². The molecule has 5 heteroatoms. The molecular weight excluding hydrogens is 208 g/mol. The first-order valence-electron chi connectivity index (χ1n) is 6.06. The molecule has 0 aromatic carbocycles. The van der Waals surface area contributed by atoms with Crippen molar-refractivity contribution < 1.29 is 14.6 Å². The molecule has 0 fully saturated rings. The molecular formula is C11H26N2O3. The third-order valence-electron chi connectivity index (χ3n) is 2.06. The smallest absolute Gasteiger partial charge is 0.154 e. The topological polar surface area (TPSA) is 76.7 Å². The fraction of sp³-hybridized carbons (Fsp3) is 1.00. The largest absolute Gasteiger partial charge is 0.396 e. The minimum absolute atomic E-state index is 0.149. The van der Waals surface area contributed by atoms with E-state index in [9.17, 15) is 0 Å². The van der Waals surface area contributed by atoms with Crippen LogP contribution in [0.15, 0.2) is 0 Å². The maximum atomic E-state index is 8.55. The lowest BCUT2D eigenvalue weighted by atomic mass is 10.4. The molecule has 0 radical (unpaired) electrons. The number of nitrogens with one attached hydrogen (secondary N) is 1. The quantitative estimate of drug-likeness (QED) is 0.329. The zero-order valence-electron chi connectivity index (χ0n) is 10.3. The predicted octanol–water partition coefficient (Wildman–Crippen LogP) is 0.0765. The molecule has 0 saturated carbocycles. The molecule has 0 spiro atoms. The molecule has 0 aromatic rings. The van der Waals surface area contributed by atoms with Crippen LogP contribution in [0.2, 0.25) is 0 Å². The molecule has 98 valence electrons. The second-order valence-electron chi connectivity index (χ2n) is 3.63. The van der Waals surface area contributed by atoms with Gasteiger partial charge in [0.15, 0.2) is 6.29 Å². The van der Waals surface area contributed by atoms with Crippen molar-refractivity contribution in [1.29, 1.82) is 0 Å². The van der Waals surface area contributed by atoms with Gasteiger partial charge in [-0.05, 0) is 45.8 Å². The molecule has 0 amide bonds. The number of hydrogen-bond donors (Lipinski definition) is 3. The molecule has 0 bridgehead atoms. The third-order valence-corrected chi connectivity index (χ3v) is 2.06. The van der Waals surface area contributed by atoms with Gasteiger partial charge in [0.25, 0.3) is 0 Å². The van der Waals surface area contributed by atoms with E-state index in [0.29, 0.717) is 19.8 Å². The number of aliphatic hydroxyl groups is 1. The van der Waals surface area contributed by atoms with Crippen molar-refractivity contribution in [2.45, 2.75) is 32.5 Å². The van der Waals surface area contributed by atoms with E-state index in [2.05, 4.69) is 5.32 Å². The van der Waals surface area contributed by atoms with Crippen molar-refractivity contribution in [3.63, 3.8) is 0 Å². The van der Waals surface area contributed by atoms with Crippen molar-refractivity contribution in [2.75, 3.05) is 39.5 Å². The van der Waals surface area contributed by atoms with Crippen molar-refractivity contribution in [2.24, 2.45) is 5.73 Å². The Kier molecular flexibility index (Phi) is 12.7. The zero-order valence-corrected chi connectivity index (χ0v) is 10.3. The zero-order chi connectivity index (χ0) is 12.1. The Morgan fingerprint density at radius 3 is 2.38 bits per heavy atom. The summed E-state index contributed by atoms with van der Waals surface area (Å²) in [6.45, 7) is 5.92. The second-order valence-corrected chi connectivity index (χ2v) is 3.63. The van der Waals surface area contributed by atoms with Gasteiger partial charge in [0.2, 0.25) is 0 Å². The molecule has 4 N–H and O–H groups in total. The fourth-order valence-electron chi connectivity index (χ4n) is 1.16. The summed E-state index contributed by atoms with van der Waals surface area (Å²) in [6.07, 6.45) is 2.48. The standard InChI is InChI=1S/C11H26N2O3/c1-11(15-9-2-5-12)16-10-4-7-13-6-3-8-14/h11,13-14H,2-10,12H2,1H3. The molecule has 1 atom stereocenters. The molecule has 0 aromatic heterocycles. The van der Waals surface area contributed by atoms with Gasteiger partial charge in [-0.3, -0.25) is 0 Å². The summed E-state index contributed by atoms with van der Waals surface area (Å²) < 4.78 is 10.8. The summed E-state index contributed by atoms with van der Waals surface area (Å²) in [5.74, 6) is 0. The Balaban J connectivity index is 3.06. The summed E-state index contributed by atoms with van der Waals surface area (Å²) in [7, 11) is 0. The van der Waals surface area contributed by atoms with E-state index in [-0.39, 0.29) is 12.9 Å². The van der Waals surface area contributed by atoms with Crippen LogP contribution in [-0.4, -0.2) is 50.9 Å². The molecule has 1 unspecified atom stereocenters. The summed E-state index contributed by atoms with van der Waals surface area (Å²) in [4.78, 5) is 0. The lowest BCUT2D eigenvalue weighted by Gasteiger charge is -2.13. The SMILES string of the molecule is CC(OCCCN)OCCCNCCCO. The van der Waals surface area contributed by atoms with Gasteiger partial charge in [-0.25, -0.2) is 0 Å². The van der Waals surface area contributed by atoms with Crippen LogP contribution in [0.4, 0.5) is 0 Å². The molecule has 16 heavy (non-hydrogen) atoms. The molecule has 0 saturated heterocycles.